The Morgan fingerprint density at radius 1 is 0.382 bits per heavy atom. The van der Waals surface area contributed by atoms with Crippen molar-refractivity contribution in [1.29, 1.82) is 0 Å². The summed E-state index contributed by atoms with van der Waals surface area (Å²) in [6, 6.07) is 56.9. The molecule has 3 aromatic heterocycles. The molecule has 0 saturated heterocycles. The van der Waals surface area contributed by atoms with Crippen molar-refractivity contribution < 1.29 is 0 Å². The second kappa shape index (κ2) is 13.5. The van der Waals surface area contributed by atoms with E-state index < -0.39 is 0 Å². The Balaban J connectivity index is 1.30. The lowest BCUT2D eigenvalue weighted by atomic mass is 9.44. The van der Waals surface area contributed by atoms with Crippen LogP contribution in [-0.2, 0) is 21.7 Å². The average molecular weight is 882 g/mol. The van der Waals surface area contributed by atoms with E-state index in [1.165, 1.54) is 132 Å². The summed E-state index contributed by atoms with van der Waals surface area (Å²) >= 11 is 0. The van der Waals surface area contributed by atoms with Crippen LogP contribution >= 0.6 is 0 Å². The third-order valence-electron chi connectivity index (χ3n) is 15.8. The molecule has 0 radical (unpaired) electrons. The first-order valence-electron chi connectivity index (χ1n) is 24.8. The second-order valence-electron chi connectivity index (χ2n) is 24.3. The number of hydrogen-bond acceptors (Lipinski definition) is 1. The molecule has 5 heterocycles. The van der Waals surface area contributed by atoms with E-state index in [0.717, 1.165) is 0 Å². The number of hydrogen-bond donors (Lipinski definition) is 0. The Labute approximate surface area is 401 Å². The number of aromatic nitrogens is 2. The summed E-state index contributed by atoms with van der Waals surface area (Å²) < 4.78 is 5.36. The zero-order valence-electron chi connectivity index (χ0n) is 41.8. The van der Waals surface area contributed by atoms with E-state index in [4.69, 9.17) is 0 Å². The van der Waals surface area contributed by atoms with E-state index in [-0.39, 0.29) is 28.5 Å². The number of para-hydroxylation sites is 2. The third-order valence-corrected chi connectivity index (χ3v) is 15.8. The molecule has 4 heteroatoms. The molecule has 68 heavy (non-hydrogen) atoms. The van der Waals surface area contributed by atoms with Gasteiger partial charge in [0.2, 0.25) is 0 Å². The molecule has 0 saturated carbocycles. The van der Waals surface area contributed by atoms with Gasteiger partial charge >= 0.3 is 6.85 Å². The van der Waals surface area contributed by atoms with Crippen LogP contribution in [0.15, 0.2) is 146 Å². The van der Waals surface area contributed by atoms with Gasteiger partial charge in [0.15, 0.2) is 0 Å². The number of fused-ring (bicyclic) bond motifs is 14. The lowest BCUT2D eigenvalue weighted by molar-refractivity contribution is 0.569. The van der Waals surface area contributed by atoms with Crippen molar-refractivity contribution in [2.75, 3.05) is 4.90 Å². The van der Waals surface area contributed by atoms with Crippen LogP contribution in [0, 0.1) is 0 Å². The van der Waals surface area contributed by atoms with E-state index in [2.05, 4.69) is 242 Å². The van der Waals surface area contributed by atoms with Gasteiger partial charge in [-0.3, -0.25) is 0 Å². The summed E-state index contributed by atoms with van der Waals surface area (Å²) in [7, 11) is 0. The minimum absolute atomic E-state index is 0.00996. The molecule has 0 amide bonds. The first-order chi connectivity index (χ1) is 32.3. The van der Waals surface area contributed by atoms with Crippen LogP contribution in [0.3, 0.4) is 0 Å². The molecule has 0 atom stereocenters. The van der Waals surface area contributed by atoms with Gasteiger partial charge in [-0.1, -0.05) is 168 Å². The van der Waals surface area contributed by atoms with Gasteiger partial charge in [-0.25, -0.2) is 0 Å². The highest BCUT2D eigenvalue weighted by Gasteiger charge is 2.46. The molecule has 0 N–H and O–H groups in total. The molecule has 0 fully saturated rings. The predicted octanol–water partition coefficient (Wildman–Crippen LogP) is 16.2. The first kappa shape index (κ1) is 41.4. The fraction of sp³-hybridized carbons (Fsp3) is 0.250. The number of benzene rings is 8. The summed E-state index contributed by atoms with van der Waals surface area (Å²) in [5.41, 5.74) is 23.3. The van der Waals surface area contributed by atoms with Crippen LogP contribution in [0.25, 0.3) is 82.2 Å². The van der Waals surface area contributed by atoms with Gasteiger partial charge < -0.3 is 13.8 Å². The number of rotatable bonds is 2. The Hall–Kier alpha value is -6.78. The van der Waals surface area contributed by atoms with Crippen molar-refractivity contribution in [3.05, 3.63) is 168 Å². The van der Waals surface area contributed by atoms with Gasteiger partial charge in [-0.15, -0.1) is 0 Å². The molecular formula is C64H60BN3. The van der Waals surface area contributed by atoms with Gasteiger partial charge in [0.1, 0.15) is 0 Å². The highest BCUT2D eigenvalue weighted by atomic mass is 15.2. The summed E-state index contributed by atoms with van der Waals surface area (Å²) in [5.74, 6) is 0. The van der Waals surface area contributed by atoms with E-state index in [1.807, 2.05) is 0 Å². The lowest BCUT2D eigenvalue weighted by Crippen LogP contribution is -2.57. The summed E-state index contributed by atoms with van der Waals surface area (Å²) in [5, 5.41) is 7.91. The molecule has 8 aromatic carbocycles. The maximum absolute atomic E-state index is 2.79. The Bertz CT molecular complexity index is 3910. The molecule has 2 aliphatic rings. The van der Waals surface area contributed by atoms with Crippen molar-refractivity contribution in [2.24, 2.45) is 0 Å². The van der Waals surface area contributed by atoms with Crippen molar-refractivity contribution in [3.8, 4) is 22.3 Å². The van der Waals surface area contributed by atoms with Crippen molar-refractivity contribution in [1.82, 2.24) is 8.88 Å². The van der Waals surface area contributed by atoms with Crippen molar-refractivity contribution >= 4 is 94.7 Å². The van der Waals surface area contributed by atoms with Crippen LogP contribution in [0.1, 0.15) is 105 Å². The summed E-state index contributed by atoms with van der Waals surface area (Å²) in [4.78, 5) is 2.69. The summed E-state index contributed by atoms with van der Waals surface area (Å²) in [6.07, 6.45) is 0. The molecule has 2 aliphatic heterocycles. The maximum atomic E-state index is 2.79. The molecular weight excluding hydrogens is 822 g/mol. The number of nitrogens with zero attached hydrogens (tertiary/aromatic N) is 3. The zero-order valence-corrected chi connectivity index (χ0v) is 41.8. The molecule has 0 bridgehead atoms. The molecule has 3 nitrogen and oxygen atoms in total. The van der Waals surface area contributed by atoms with E-state index >= 15 is 0 Å². The van der Waals surface area contributed by atoms with Gasteiger partial charge in [-0.2, -0.15) is 0 Å². The SMILES string of the molecule is CC(C)(C)c1cc(N2c3ccc(-c4ccccc4)c4c3B(c3c2cc2c5ccccc5n5c6ccccc6c3c25)n2c3ccc(C(C)(C)C)cc3c3cc(C(C)(C)C)cc-4c32)cc(C(C)(C)C)c1. The minimum atomic E-state index is -0.131. The van der Waals surface area contributed by atoms with Crippen molar-refractivity contribution in [2.45, 2.75) is 105 Å². The quantitative estimate of drug-likeness (QED) is 0.158. The van der Waals surface area contributed by atoms with Gasteiger partial charge in [0.25, 0.3) is 0 Å². The zero-order chi connectivity index (χ0) is 47.1. The molecule has 13 rings (SSSR count). The normalized spacial score (nSPS) is 14.1. The van der Waals surface area contributed by atoms with Gasteiger partial charge in [0, 0.05) is 66.0 Å². The first-order valence-corrected chi connectivity index (χ1v) is 24.8. The molecule has 334 valence electrons. The highest BCUT2D eigenvalue weighted by molar-refractivity contribution is 6.92. The minimum Gasteiger partial charge on any atom is -0.375 e. The molecule has 0 spiro atoms. The fourth-order valence-electron chi connectivity index (χ4n) is 12.2. The topological polar surface area (TPSA) is 12.6 Å². The second-order valence-corrected chi connectivity index (χ2v) is 24.3. The highest BCUT2D eigenvalue weighted by Crippen LogP contribution is 2.53. The monoisotopic (exact) mass is 881 g/mol. The van der Waals surface area contributed by atoms with Gasteiger partial charge in [0.05, 0.1) is 16.6 Å². The molecule has 0 unspecified atom stereocenters. The van der Waals surface area contributed by atoms with Gasteiger partial charge in [-0.05, 0) is 132 Å². The van der Waals surface area contributed by atoms with E-state index in [9.17, 15) is 0 Å². The summed E-state index contributed by atoms with van der Waals surface area (Å²) in [6.45, 7) is 28.2. The lowest BCUT2D eigenvalue weighted by Gasteiger charge is -2.42. The smallest absolute Gasteiger partial charge is 0.333 e. The van der Waals surface area contributed by atoms with E-state index in [0.29, 0.717) is 0 Å². The Morgan fingerprint density at radius 3 is 1.62 bits per heavy atom. The van der Waals surface area contributed by atoms with E-state index in [1.54, 1.807) is 0 Å². The van der Waals surface area contributed by atoms with Crippen LogP contribution in [0.5, 0.6) is 0 Å². The predicted molar refractivity (Wildman–Crippen MR) is 295 cm³/mol. The van der Waals surface area contributed by atoms with Crippen LogP contribution in [0.4, 0.5) is 17.1 Å². The van der Waals surface area contributed by atoms with Crippen LogP contribution in [-0.4, -0.2) is 15.7 Å². The Morgan fingerprint density at radius 2 is 0.956 bits per heavy atom. The van der Waals surface area contributed by atoms with Crippen LogP contribution in [0.2, 0.25) is 0 Å². The number of anilines is 3. The largest absolute Gasteiger partial charge is 0.375 e. The molecule has 0 aliphatic carbocycles. The average Bonchev–Trinajstić information content (AvgIpc) is 3.94. The van der Waals surface area contributed by atoms with Crippen LogP contribution < -0.4 is 15.8 Å². The third kappa shape index (κ3) is 5.61. The Kier molecular flexibility index (Phi) is 8.20. The standard InChI is InChI=1S/C64H60BN3/c1-61(2,3)38-26-28-52-46(33-38)47-34-41(64(10,11)12)35-49-55-43(37-20-14-13-15-21-37)27-29-53-57(55)65(68(52)59(47)49)58-54(66(53)42-31-39(62(4,5)6)30-40(32-42)63(7,8)9)36-48-44-22-16-18-24-50(44)67-51-25-19-17-23-45(51)56(58)60(48)67/h13-36H,1-12H3. The molecule has 11 aromatic rings. The maximum Gasteiger partial charge on any atom is 0.333 e. The fourth-order valence-corrected chi connectivity index (χ4v) is 12.2. The van der Waals surface area contributed by atoms with Crippen molar-refractivity contribution in [3.63, 3.8) is 0 Å².